The van der Waals surface area contributed by atoms with Gasteiger partial charge in [-0.2, -0.15) is 0 Å². The number of hydrogen-bond donors (Lipinski definition) is 2. The van der Waals surface area contributed by atoms with Crippen molar-refractivity contribution in [3.8, 4) is 0 Å². The van der Waals surface area contributed by atoms with Crippen LogP contribution < -0.4 is 10.6 Å². The lowest BCUT2D eigenvalue weighted by molar-refractivity contribution is -0.117. The number of benzene rings is 3. The molecule has 3 aromatic carbocycles. The minimum atomic E-state index is -0.570. The third kappa shape index (κ3) is 5.02. The SMILES string of the molecule is CSc1cccc(N[C@H](C(=O)Nc2cccc(C(C)=O)c2)c2ccccc2)c1. The van der Waals surface area contributed by atoms with Gasteiger partial charge in [-0.25, -0.2) is 0 Å². The molecule has 0 heterocycles. The molecule has 4 nitrogen and oxygen atoms in total. The minimum absolute atomic E-state index is 0.0392. The molecule has 0 unspecified atom stereocenters. The van der Waals surface area contributed by atoms with Crippen molar-refractivity contribution in [2.45, 2.75) is 17.9 Å². The predicted octanol–water partition coefficient (Wildman–Crippen LogP) is 5.40. The summed E-state index contributed by atoms with van der Waals surface area (Å²) in [6, 6.07) is 23.9. The Bertz CT molecular complexity index is 973. The van der Waals surface area contributed by atoms with E-state index in [0.29, 0.717) is 11.3 Å². The fraction of sp³-hybridized carbons (Fsp3) is 0.130. The summed E-state index contributed by atoms with van der Waals surface area (Å²) < 4.78 is 0. The van der Waals surface area contributed by atoms with Gasteiger partial charge in [0.2, 0.25) is 0 Å². The van der Waals surface area contributed by atoms with Crippen LogP contribution in [-0.4, -0.2) is 17.9 Å². The molecule has 0 saturated heterocycles. The average molecular weight is 391 g/mol. The lowest BCUT2D eigenvalue weighted by Crippen LogP contribution is -2.27. The molecule has 0 aliphatic carbocycles. The van der Waals surface area contributed by atoms with Crippen LogP contribution in [0.15, 0.2) is 83.8 Å². The van der Waals surface area contributed by atoms with Crippen LogP contribution in [0.4, 0.5) is 11.4 Å². The highest BCUT2D eigenvalue weighted by molar-refractivity contribution is 7.98. The highest BCUT2D eigenvalue weighted by atomic mass is 32.2. The summed E-state index contributed by atoms with van der Waals surface area (Å²) in [6.07, 6.45) is 2.02. The third-order valence-electron chi connectivity index (χ3n) is 4.31. The lowest BCUT2D eigenvalue weighted by atomic mass is 10.1. The van der Waals surface area contributed by atoms with Crippen LogP contribution in [0, 0.1) is 0 Å². The number of Topliss-reactive ketones (excluding diaryl/α,β-unsaturated/α-hetero) is 1. The van der Waals surface area contributed by atoms with E-state index < -0.39 is 6.04 Å². The molecule has 0 aliphatic heterocycles. The zero-order chi connectivity index (χ0) is 19.9. The van der Waals surface area contributed by atoms with E-state index >= 15 is 0 Å². The van der Waals surface area contributed by atoms with E-state index in [2.05, 4.69) is 10.6 Å². The van der Waals surface area contributed by atoms with Crippen LogP contribution in [0.25, 0.3) is 0 Å². The maximum absolute atomic E-state index is 13.1. The second kappa shape index (κ2) is 9.24. The summed E-state index contributed by atoms with van der Waals surface area (Å²) in [7, 11) is 0. The summed E-state index contributed by atoms with van der Waals surface area (Å²) in [4.78, 5) is 25.8. The molecule has 0 fully saturated rings. The van der Waals surface area contributed by atoms with E-state index in [9.17, 15) is 9.59 Å². The van der Waals surface area contributed by atoms with Gasteiger partial charge in [0.1, 0.15) is 6.04 Å². The maximum atomic E-state index is 13.1. The number of carbonyl (C=O) groups is 2. The summed E-state index contributed by atoms with van der Waals surface area (Å²) in [5.41, 5.74) is 2.89. The van der Waals surface area contributed by atoms with Crippen molar-refractivity contribution in [3.05, 3.63) is 90.0 Å². The first kappa shape index (κ1) is 19.7. The van der Waals surface area contributed by atoms with Crippen molar-refractivity contribution in [3.63, 3.8) is 0 Å². The third-order valence-corrected chi connectivity index (χ3v) is 5.04. The van der Waals surface area contributed by atoms with Crippen LogP contribution in [0.2, 0.25) is 0 Å². The van der Waals surface area contributed by atoms with Crippen LogP contribution in [-0.2, 0) is 4.79 Å². The highest BCUT2D eigenvalue weighted by Gasteiger charge is 2.21. The van der Waals surface area contributed by atoms with Crippen LogP contribution >= 0.6 is 11.8 Å². The minimum Gasteiger partial charge on any atom is -0.370 e. The average Bonchev–Trinajstić information content (AvgIpc) is 2.73. The van der Waals surface area contributed by atoms with Gasteiger partial charge >= 0.3 is 0 Å². The first-order valence-electron chi connectivity index (χ1n) is 8.94. The van der Waals surface area contributed by atoms with Crippen LogP contribution in [0.5, 0.6) is 0 Å². The molecule has 3 aromatic rings. The van der Waals surface area contributed by atoms with Gasteiger partial charge in [-0.15, -0.1) is 11.8 Å². The predicted molar refractivity (Wildman–Crippen MR) is 116 cm³/mol. The second-order valence-corrected chi connectivity index (χ2v) is 7.23. The number of nitrogens with one attached hydrogen (secondary N) is 2. The number of hydrogen-bond acceptors (Lipinski definition) is 4. The Kier molecular flexibility index (Phi) is 6.50. The first-order chi connectivity index (χ1) is 13.6. The topological polar surface area (TPSA) is 58.2 Å². The van der Waals surface area contributed by atoms with Crippen molar-refractivity contribution >= 4 is 34.8 Å². The molecule has 0 radical (unpaired) electrons. The van der Waals surface area contributed by atoms with Gasteiger partial charge in [-0.3, -0.25) is 9.59 Å². The van der Waals surface area contributed by atoms with Gasteiger partial charge < -0.3 is 10.6 Å². The largest absolute Gasteiger partial charge is 0.370 e. The van der Waals surface area contributed by atoms with E-state index in [1.54, 1.807) is 36.0 Å². The summed E-state index contributed by atoms with van der Waals surface area (Å²) in [6.45, 7) is 1.51. The Hall–Kier alpha value is -3.05. The number of ketones is 1. The van der Waals surface area contributed by atoms with Crippen LogP contribution in [0.3, 0.4) is 0 Å². The number of amides is 1. The number of thioether (sulfide) groups is 1. The maximum Gasteiger partial charge on any atom is 0.251 e. The summed E-state index contributed by atoms with van der Waals surface area (Å²) in [5, 5.41) is 6.26. The Balaban J connectivity index is 1.87. The van der Waals surface area contributed by atoms with Gasteiger partial charge in [0.25, 0.3) is 5.91 Å². The molecule has 5 heteroatoms. The molecule has 1 atom stereocenters. The molecule has 0 bridgehead atoms. The van der Waals surface area contributed by atoms with Crippen molar-refractivity contribution in [1.82, 2.24) is 0 Å². The zero-order valence-electron chi connectivity index (χ0n) is 15.8. The number of carbonyl (C=O) groups excluding carboxylic acids is 2. The first-order valence-corrected chi connectivity index (χ1v) is 10.2. The van der Waals surface area contributed by atoms with Crippen LogP contribution in [0.1, 0.15) is 28.9 Å². The van der Waals surface area contributed by atoms with Gasteiger partial charge in [-0.1, -0.05) is 48.5 Å². The number of anilines is 2. The molecule has 2 N–H and O–H groups in total. The monoisotopic (exact) mass is 390 g/mol. The molecule has 0 spiro atoms. The molecule has 0 aliphatic rings. The zero-order valence-corrected chi connectivity index (χ0v) is 16.6. The Morgan fingerprint density at radius 2 is 1.57 bits per heavy atom. The van der Waals surface area contributed by atoms with E-state index in [1.165, 1.54) is 6.92 Å². The molecular formula is C23H22N2O2S. The Morgan fingerprint density at radius 3 is 2.29 bits per heavy atom. The van der Waals surface area contributed by atoms with E-state index in [0.717, 1.165) is 16.1 Å². The highest BCUT2D eigenvalue weighted by Crippen LogP contribution is 2.25. The molecule has 1 amide bonds. The fourth-order valence-corrected chi connectivity index (χ4v) is 3.32. The molecule has 3 rings (SSSR count). The molecule has 0 aromatic heterocycles. The van der Waals surface area contributed by atoms with Gasteiger partial charge in [0, 0.05) is 21.8 Å². The normalized spacial score (nSPS) is 11.5. The Labute approximate surface area is 169 Å². The van der Waals surface area contributed by atoms with Crippen molar-refractivity contribution < 1.29 is 9.59 Å². The summed E-state index contributed by atoms with van der Waals surface area (Å²) >= 11 is 1.65. The number of rotatable bonds is 7. The Morgan fingerprint density at radius 1 is 0.857 bits per heavy atom. The van der Waals surface area contributed by atoms with E-state index in [4.69, 9.17) is 0 Å². The van der Waals surface area contributed by atoms with E-state index in [1.807, 2.05) is 60.9 Å². The molecule has 142 valence electrons. The van der Waals surface area contributed by atoms with Gasteiger partial charge in [0.05, 0.1) is 0 Å². The van der Waals surface area contributed by atoms with Crippen molar-refractivity contribution in [2.75, 3.05) is 16.9 Å². The molecular weight excluding hydrogens is 368 g/mol. The molecule has 28 heavy (non-hydrogen) atoms. The molecule has 0 saturated carbocycles. The van der Waals surface area contributed by atoms with E-state index in [-0.39, 0.29) is 11.7 Å². The standard InChI is InChI=1S/C23H22N2O2S/c1-16(26)18-10-6-11-19(14-18)25-23(27)22(17-8-4-3-5-9-17)24-20-12-7-13-21(15-20)28-2/h3-15,22,24H,1-2H3,(H,25,27)/t22-/m0/s1. The fourth-order valence-electron chi connectivity index (χ4n) is 2.86. The lowest BCUT2D eigenvalue weighted by Gasteiger charge is -2.20. The van der Waals surface area contributed by atoms with Gasteiger partial charge in [-0.05, 0) is 49.1 Å². The van der Waals surface area contributed by atoms with Crippen molar-refractivity contribution in [2.24, 2.45) is 0 Å². The van der Waals surface area contributed by atoms with Crippen molar-refractivity contribution in [1.29, 1.82) is 0 Å². The van der Waals surface area contributed by atoms with Gasteiger partial charge in [0.15, 0.2) is 5.78 Å². The quantitative estimate of drug-likeness (QED) is 0.419. The second-order valence-electron chi connectivity index (χ2n) is 6.35. The smallest absolute Gasteiger partial charge is 0.251 e. The summed E-state index contributed by atoms with van der Waals surface area (Å²) in [5.74, 6) is -0.232.